The number of hydrogen-bond acceptors (Lipinski definition) is 4. The van der Waals surface area contributed by atoms with Crippen LogP contribution in [0.1, 0.15) is 59.5 Å². The zero-order valence-corrected chi connectivity index (χ0v) is 22.3. The minimum atomic E-state index is -4.83. The molecule has 222 valence electrons. The number of benzene rings is 3. The number of amides is 3. The second kappa shape index (κ2) is 13.0. The third kappa shape index (κ3) is 7.64. The summed E-state index contributed by atoms with van der Waals surface area (Å²) in [5.41, 5.74) is 0.168. The van der Waals surface area contributed by atoms with Crippen LogP contribution in [0.25, 0.3) is 0 Å². The Morgan fingerprint density at radius 1 is 0.905 bits per heavy atom. The van der Waals surface area contributed by atoms with Crippen molar-refractivity contribution in [3.8, 4) is 0 Å². The molecule has 0 heterocycles. The van der Waals surface area contributed by atoms with Gasteiger partial charge in [0.1, 0.15) is 5.82 Å². The van der Waals surface area contributed by atoms with E-state index < -0.39 is 53.8 Å². The van der Waals surface area contributed by atoms with Crippen molar-refractivity contribution in [2.24, 2.45) is 0 Å². The largest absolute Gasteiger partial charge is 0.479 e. The summed E-state index contributed by atoms with van der Waals surface area (Å²) in [4.78, 5) is 37.8. The van der Waals surface area contributed by atoms with Gasteiger partial charge in [-0.1, -0.05) is 31.4 Å². The summed E-state index contributed by atoms with van der Waals surface area (Å²) >= 11 is 0. The highest BCUT2D eigenvalue weighted by molar-refractivity contribution is 6.07. The van der Waals surface area contributed by atoms with Crippen LogP contribution in [-0.4, -0.2) is 40.8 Å². The molecule has 3 aromatic rings. The van der Waals surface area contributed by atoms with Crippen LogP contribution < -0.4 is 15.5 Å². The molecule has 12 heteroatoms. The fraction of sp³-hybridized carbons (Fsp3) is 0.300. The molecule has 8 nitrogen and oxygen atoms in total. The van der Waals surface area contributed by atoms with E-state index in [-0.39, 0.29) is 11.3 Å². The number of alkyl halides is 3. The number of aliphatic carboxylic acids is 1. The maximum absolute atomic E-state index is 14.0. The standard InChI is InChI=1S/C30H29F4N3O5/c31-22-14-21(30(32,33)34)15-23(16-22)36-29(42)37(24-10-6-19(7-11-24)18-4-2-1-3-5-18)25-12-8-20(9-13-25)27(39)35-17-26(38)28(40)41/h6-16,18,26,38H,1-5,17H2,(H,35,39)(H,36,42)(H,40,41)/t26-/m1/s1. The van der Waals surface area contributed by atoms with Gasteiger partial charge in [-0.05, 0) is 78.9 Å². The SMILES string of the molecule is O=C(NC[C@@H](O)C(=O)O)c1ccc(N(C(=O)Nc2cc(F)cc(C(F)(F)F)c2)c2ccc(C3CCCCC3)cc2)cc1. The Balaban J connectivity index is 1.62. The molecule has 4 rings (SSSR count). The minimum Gasteiger partial charge on any atom is -0.479 e. The lowest BCUT2D eigenvalue weighted by Gasteiger charge is -2.26. The summed E-state index contributed by atoms with van der Waals surface area (Å²) in [5, 5.41) is 22.8. The van der Waals surface area contributed by atoms with Gasteiger partial charge in [0, 0.05) is 11.3 Å². The molecule has 0 radical (unpaired) electrons. The Morgan fingerprint density at radius 3 is 2.07 bits per heavy atom. The highest BCUT2D eigenvalue weighted by atomic mass is 19.4. The number of halogens is 4. The first kappa shape index (κ1) is 30.5. The van der Waals surface area contributed by atoms with Gasteiger partial charge < -0.3 is 20.8 Å². The molecule has 3 amide bonds. The molecule has 1 fully saturated rings. The Hall–Kier alpha value is -4.45. The first-order valence-electron chi connectivity index (χ1n) is 13.3. The fourth-order valence-corrected chi connectivity index (χ4v) is 4.86. The summed E-state index contributed by atoms with van der Waals surface area (Å²) in [5.74, 6) is -2.95. The van der Waals surface area contributed by atoms with E-state index in [0.717, 1.165) is 37.3 Å². The molecule has 0 unspecified atom stereocenters. The van der Waals surface area contributed by atoms with E-state index in [9.17, 15) is 37.1 Å². The van der Waals surface area contributed by atoms with Crippen LogP contribution in [0.3, 0.4) is 0 Å². The average Bonchev–Trinajstić information content (AvgIpc) is 2.96. The molecule has 0 bridgehead atoms. The highest BCUT2D eigenvalue weighted by Crippen LogP contribution is 2.35. The number of carbonyl (C=O) groups excluding carboxylic acids is 2. The topological polar surface area (TPSA) is 119 Å². The summed E-state index contributed by atoms with van der Waals surface area (Å²) in [7, 11) is 0. The summed E-state index contributed by atoms with van der Waals surface area (Å²) in [6.07, 6.45) is -1.06. The Labute approximate surface area is 239 Å². The van der Waals surface area contributed by atoms with Crippen molar-refractivity contribution < 1.29 is 42.2 Å². The van der Waals surface area contributed by atoms with Gasteiger partial charge in [-0.3, -0.25) is 9.69 Å². The number of rotatable bonds is 8. The van der Waals surface area contributed by atoms with Crippen LogP contribution in [0.2, 0.25) is 0 Å². The van der Waals surface area contributed by atoms with Crippen LogP contribution >= 0.6 is 0 Å². The first-order valence-corrected chi connectivity index (χ1v) is 13.3. The van der Waals surface area contributed by atoms with Crippen molar-refractivity contribution in [2.45, 2.75) is 50.3 Å². The number of nitrogens with zero attached hydrogens (tertiary/aromatic N) is 1. The Kier molecular flexibility index (Phi) is 9.46. The second-order valence-corrected chi connectivity index (χ2v) is 10.0. The van der Waals surface area contributed by atoms with E-state index in [0.29, 0.717) is 23.7 Å². The predicted octanol–water partition coefficient (Wildman–Crippen LogP) is 6.44. The second-order valence-electron chi connectivity index (χ2n) is 10.0. The van der Waals surface area contributed by atoms with E-state index in [2.05, 4.69) is 10.6 Å². The summed E-state index contributed by atoms with van der Waals surface area (Å²) < 4.78 is 53.7. The number of anilines is 3. The van der Waals surface area contributed by atoms with Gasteiger partial charge in [0.15, 0.2) is 6.10 Å². The molecule has 0 spiro atoms. The molecular weight excluding hydrogens is 558 g/mol. The predicted molar refractivity (Wildman–Crippen MR) is 147 cm³/mol. The van der Waals surface area contributed by atoms with Crippen LogP contribution in [0.5, 0.6) is 0 Å². The van der Waals surface area contributed by atoms with Gasteiger partial charge in [0.25, 0.3) is 5.91 Å². The first-order chi connectivity index (χ1) is 19.9. The maximum Gasteiger partial charge on any atom is 0.416 e. The average molecular weight is 588 g/mol. The van der Waals surface area contributed by atoms with Crippen molar-refractivity contribution in [2.75, 3.05) is 16.8 Å². The van der Waals surface area contributed by atoms with Crippen molar-refractivity contribution in [1.82, 2.24) is 5.32 Å². The van der Waals surface area contributed by atoms with Crippen LogP contribution in [0.15, 0.2) is 66.7 Å². The normalized spacial score (nSPS) is 14.6. The van der Waals surface area contributed by atoms with Crippen molar-refractivity contribution in [1.29, 1.82) is 0 Å². The molecule has 1 aliphatic rings. The summed E-state index contributed by atoms with van der Waals surface area (Å²) in [6, 6.07) is 13.6. The van der Waals surface area contributed by atoms with Crippen LogP contribution in [0.4, 0.5) is 39.4 Å². The zero-order chi connectivity index (χ0) is 30.4. The van der Waals surface area contributed by atoms with E-state index in [4.69, 9.17) is 5.11 Å². The van der Waals surface area contributed by atoms with Crippen LogP contribution in [-0.2, 0) is 11.0 Å². The van der Waals surface area contributed by atoms with Gasteiger partial charge in [-0.2, -0.15) is 13.2 Å². The molecule has 0 aliphatic heterocycles. The fourth-order valence-electron chi connectivity index (χ4n) is 4.86. The molecule has 4 N–H and O–H groups in total. The molecule has 42 heavy (non-hydrogen) atoms. The monoisotopic (exact) mass is 587 g/mol. The smallest absolute Gasteiger partial charge is 0.416 e. The quantitative estimate of drug-likeness (QED) is 0.226. The number of carbonyl (C=O) groups is 3. The van der Waals surface area contributed by atoms with Gasteiger partial charge >= 0.3 is 18.2 Å². The lowest BCUT2D eigenvalue weighted by molar-refractivity contribution is -0.146. The Bertz CT molecular complexity index is 1420. The zero-order valence-electron chi connectivity index (χ0n) is 22.3. The molecule has 1 saturated carbocycles. The lowest BCUT2D eigenvalue weighted by atomic mass is 9.84. The number of aliphatic hydroxyl groups excluding tert-OH is 1. The number of aliphatic hydroxyl groups is 1. The van der Waals surface area contributed by atoms with E-state index >= 15 is 0 Å². The number of urea groups is 1. The Morgan fingerprint density at radius 2 is 1.50 bits per heavy atom. The third-order valence-electron chi connectivity index (χ3n) is 7.04. The molecular formula is C30H29F4N3O5. The van der Waals surface area contributed by atoms with Crippen molar-refractivity contribution in [3.05, 3.63) is 89.2 Å². The number of hydrogen-bond donors (Lipinski definition) is 4. The molecule has 0 aromatic heterocycles. The van der Waals surface area contributed by atoms with E-state index in [1.807, 2.05) is 12.1 Å². The lowest BCUT2D eigenvalue weighted by Crippen LogP contribution is -2.36. The van der Waals surface area contributed by atoms with Gasteiger partial charge in [0.05, 0.1) is 23.5 Å². The van der Waals surface area contributed by atoms with Gasteiger partial charge in [-0.15, -0.1) is 0 Å². The van der Waals surface area contributed by atoms with Crippen LogP contribution in [0, 0.1) is 5.82 Å². The maximum atomic E-state index is 14.0. The number of carboxylic acid groups (broad SMARTS) is 1. The molecule has 3 aromatic carbocycles. The van der Waals surface area contributed by atoms with E-state index in [1.165, 1.54) is 35.6 Å². The molecule has 0 saturated heterocycles. The van der Waals surface area contributed by atoms with E-state index in [1.54, 1.807) is 12.1 Å². The molecule has 1 atom stereocenters. The van der Waals surface area contributed by atoms with Crippen molar-refractivity contribution >= 4 is 35.0 Å². The van der Waals surface area contributed by atoms with Gasteiger partial charge in [0.2, 0.25) is 0 Å². The minimum absolute atomic E-state index is 0.101. The third-order valence-corrected chi connectivity index (χ3v) is 7.04. The molecule has 1 aliphatic carbocycles. The summed E-state index contributed by atoms with van der Waals surface area (Å²) in [6.45, 7) is -0.522. The number of nitrogens with one attached hydrogen (secondary N) is 2. The highest BCUT2D eigenvalue weighted by Gasteiger charge is 2.32. The van der Waals surface area contributed by atoms with Crippen molar-refractivity contribution in [3.63, 3.8) is 0 Å². The number of carboxylic acids is 1. The van der Waals surface area contributed by atoms with Gasteiger partial charge in [-0.25, -0.2) is 14.0 Å².